The Bertz CT molecular complexity index is 621. The van der Waals surface area contributed by atoms with Gasteiger partial charge in [-0.25, -0.2) is 14.5 Å². The second kappa shape index (κ2) is 7.89. The van der Waals surface area contributed by atoms with Gasteiger partial charge in [-0.05, 0) is 73.6 Å². The van der Waals surface area contributed by atoms with E-state index in [0.29, 0.717) is 25.8 Å². The van der Waals surface area contributed by atoms with Crippen LogP contribution >= 0.6 is 0 Å². The maximum Gasteiger partial charge on any atom is 0.417 e. The Hall–Kier alpha value is -1.83. The molecule has 2 rings (SSSR count). The van der Waals surface area contributed by atoms with Crippen molar-refractivity contribution >= 4 is 18.1 Å². The average molecular weight is 399 g/mol. The number of hydrogen-bond donors (Lipinski definition) is 1. The smallest absolute Gasteiger partial charge is 0.417 e. The van der Waals surface area contributed by atoms with Gasteiger partial charge in [0.25, 0.3) is 0 Å². The molecular formula is C20H34N2O6. The van der Waals surface area contributed by atoms with Gasteiger partial charge >= 0.3 is 12.2 Å². The molecule has 2 atom stereocenters. The zero-order chi connectivity index (χ0) is 21.3. The number of carbonyl (C=O) groups is 3. The summed E-state index contributed by atoms with van der Waals surface area (Å²) < 4.78 is 10.8. The third-order valence-corrected chi connectivity index (χ3v) is 4.87. The number of rotatable bonds is 1. The molecule has 28 heavy (non-hydrogen) atoms. The predicted molar refractivity (Wildman–Crippen MR) is 102 cm³/mol. The van der Waals surface area contributed by atoms with Crippen molar-refractivity contribution in [3.05, 3.63) is 0 Å². The molecule has 2 aliphatic rings. The van der Waals surface area contributed by atoms with Gasteiger partial charge in [-0.1, -0.05) is 0 Å². The minimum absolute atomic E-state index is 0.243. The topological polar surface area (TPSA) is 96.4 Å². The first-order valence-electron chi connectivity index (χ1n) is 10.0. The van der Waals surface area contributed by atoms with E-state index in [1.165, 1.54) is 4.90 Å². The molecule has 8 heteroatoms. The molecule has 0 aliphatic carbocycles. The van der Waals surface area contributed by atoms with E-state index in [-0.39, 0.29) is 13.0 Å². The van der Waals surface area contributed by atoms with Crippen molar-refractivity contribution in [2.75, 3.05) is 13.1 Å². The number of piperidine rings is 2. The minimum Gasteiger partial charge on any atom is -0.444 e. The molecule has 3 amide bonds. The van der Waals surface area contributed by atoms with E-state index in [4.69, 9.17) is 9.47 Å². The summed E-state index contributed by atoms with van der Waals surface area (Å²) in [6, 6.07) is 0. The quantitative estimate of drug-likeness (QED) is 0.728. The highest BCUT2D eigenvalue weighted by atomic mass is 16.6. The number of hydrogen-bond acceptors (Lipinski definition) is 6. The average Bonchev–Trinajstić information content (AvgIpc) is 2.51. The number of nitrogens with zero attached hydrogens (tertiary/aromatic N) is 2. The first-order chi connectivity index (χ1) is 12.7. The Morgan fingerprint density at radius 1 is 0.964 bits per heavy atom. The van der Waals surface area contributed by atoms with Crippen molar-refractivity contribution in [1.29, 1.82) is 0 Å². The van der Waals surface area contributed by atoms with Gasteiger partial charge in [0.2, 0.25) is 5.91 Å². The monoisotopic (exact) mass is 398 g/mol. The van der Waals surface area contributed by atoms with Gasteiger partial charge in [0.15, 0.2) is 5.72 Å². The maximum absolute atomic E-state index is 13.1. The largest absolute Gasteiger partial charge is 0.444 e. The number of amides is 3. The fourth-order valence-electron chi connectivity index (χ4n) is 3.71. The summed E-state index contributed by atoms with van der Waals surface area (Å²) in [5.74, 6) is -1.39. The van der Waals surface area contributed by atoms with Crippen LogP contribution in [0.4, 0.5) is 9.59 Å². The van der Waals surface area contributed by atoms with Crippen molar-refractivity contribution in [3.8, 4) is 0 Å². The molecule has 0 aromatic carbocycles. The molecule has 0 saturated carbocycles. The molecule has 0 radical (unpaired) electrons. The Balaban J connectivity index is 2.25. The van der Waals surface area contributed by atoms with E-state index in [9.17, 15) is 19.5 Å². The lowest BCUT2D eigenvalue weighted by molar-refractivity contribution is -0.183. The fourth-order valence-corrected chi connectivity index (χ4v) is 3.71. The Kier molecular flexibility index (Phi) is 6.33. The molecule has 2 aliphatic heterocycles. The Morgan fingerprint density at radius 3 is 2.11 bits per heavy atom. The molecule has 2 fully saturated rings. The van der Waals surface area contributed by atoms with Gasteiger partial charge < -0.3 is 14.6 Å². The standard InChI is InChI=1S/C20H34N2O6/c1-18(2,3)27-16(24)21-12-9-10-14(15(21)23)20(26)11-7-8-13-22(20)17(25)28-19(4,5)6/h14,26H,7-13H2,1-6H3. The van der Waals surface area contributed by atoms with E-state index < -0.39 is 40.9 Å². The lowest BCUT2D eigenvalue weighted by atomic mass is 9.80. The molecule has 2 unspecified atom stereocenters. The summed E-state index contributed by atoms with van der Waals surface area (Å²) >= 11 is 0. The normalized spacial score (nSPS) is 26.8. The SMILES string of the molecule is CC(C)(C)OC(=O)N1CCCC(C2(O)CCCCN2C(=O)OC(C)(C)C)C1=O. The van der Waals surface area contributed by atoms with Crippen LogP contribution in [0, 0.1) is 5.92 Å². The van der Waals surface area contributed by atoms with Crippen molar-refractivity contribution in [1.82, 2.24) is 9.80 Å². The number of aliphatic hydroxyl groups is 1. The number of carbonyl (C=O) groups excluding carboxylic acids is 3. The summed E-state index contributed by atoms with van der Waals surface area (Å²) in [7, 11) is 0. The van der Waals surface area contributed by atoms with Crippen LogP contribution in [-0.4, -0.2) is 63.0 Å². The molecular weight excluding hydrogens is 364 g/mol. The third-order valence-electron chi connectivity index (χ3n) is 4.87. The Labute approximate surface area is 167 Å². The first-order valence-corrected chi connectivity index (χ1v) is 10.0. The van der Waals surface area contributed by atoms with Gasteiger partial charge in [0.05, 0.1) is 5.92 Å². The van der Waals surface area contributed by atoms with Crippen LogP contribution < -0.4 is 0 Å². The lowest BCUT2D eigenvalue weighted by Gasteiger charge is -2.49. The van der Waals surface area contributed by atoms with Crippen LogP contribution in [-0.2, 0) is 14.3 Å². The third kappa shape index (κ3) is 5.16. The Morgan fingerprint density at radius 2 is 1.54 bits per heavy atom. The maximum atomic E-state index is 13.1. The minimum atomic E-state index is -1.67. The lowest BCUT2D eigenvalue weighted by Crippen LogP contribution is -2.64. The predicted octanol–water partition coefficient (Wildman–Crippen LogP) is 3.27. The first kappa shape index (κ1) is 22.5. The van der Waals surface area contributed by atoms with Crippen LogP contribution in [0.3, 0.4) is 0 Å². The highest BCUT2D eigenvalue weighted by Gasteiger charge is 2.53. The molecule has 0 aromatic heterocycles. The van der Waals surface area contributed by atoms with Crippen LogP contribution in [0.15, 0.2) is 0 Å². The van der Waals surface area contributed by atoms with E-state index in [2.05, 4.69) is 0 Å². The zero-order valence-corrected chi connectivity index (χ0v) is 17.9. The van der Waals surface area contributed by atoms with Gasteiger partial charge in [-0.15, -0.1) is 0 Å². The molecule has 160 valence electrons. The van der Waals surface area contributed by atoms with E-state index in [1.807, 2.05) is 0 Å². The van der Waals surface area contributed by atoms with E-state index in [0.717, 1.165) is 11.3 Å². The van der Waals surface area contributed by atoms with Crippen LogP contribution in [0.25, 0.3) is 0 Å². The van der Waals surface area contributed by atoms with Crippen molar-refractivity contribution < 1.29 is 29.0 Å². The molecule has 8 nitrogen and oxygen atoms in total. The number of ether oxygens (including phenoxy) is 2. The van der Waals surface area contributed by atoms with E-state index in [1.54, 1.807) is 41.5 Å². The fraction of sp³-hybridized carbons (Fsp3) is 0.850. The summed E-state index contributed by atoms with van der Waals surface area (Å²) in [4.78, 5) is 40.6. The van der Waals surface area contributed by atoms with E-state index >= 15 is 0 Å². The molecule has 0 aromatic rings. The van der Waals surface area contributed by atoms with Gasteiger partial charge in [0, 0.05) is 13.1 Å². The van der Waals surface area contributed by atoms with Gasteiger partial charge in [-0.2, -0.15) is 0 Å². The summed E-state index contributed by atoms with van der Waals surface area (Å²) in [6.07, 6.45) is 1.26. The summed E-state index contributed by atoms with van der Waals surface area (Å²) in [5, 5.41) is 11.5. The zero-order valence-electron chi connectivity index (χ0n) is 17.9. The molecule has 0 bridgehead atoms. The molecule has 2 saturated heterocycles. The highest BCUT2D eigenvalue weighted by molar-refractivity contribution is 5.94. The van der Waals surface area contributed by atoms with Crippen molar-refractivity contribution in [2.24, 2.45) is 5.92 Å². The summed E-state index contributed by atoms with van der Waals surface area (Å²) in [5.41, 5.74) is -3.11. The van der Waals surface area contributed by atoms with Crippen LogP contribution in [0.2, 0.25) is 0 Å². The molecule has 2 heterocycles. The number of imide groups is 1. The molecule has 0 spiro atoms. The van der Waals surface area contributed by atoms with Gasteiger partial charge in [-0.3, -0.25) is 9.69 Å². The molecule has 1 N–H and O–H groups in total. The highest BCUT2D eigenvalue weighted by Crippen LogP contribution is 2.39. The second-order valence-corrected chi connectivity index (χ2v) is 9.63. The van der Waals surface area contributed by atoms with Crippen molar-refractivity contribution in [3.63, 3.8) is 0 Å². The summed E-state index contributed by atoms with van der Waals surface area (Å²) in [6.45, 7) is 11.0. The van der Waals surface area contributed by atoms with Crippen LogP contribution in [0.1, 0.15) is 73.6 Å². The second-order valence-electron chi connectivity index (χ2n) is 9.63. The van der Waals surface area contributed by atoms with Crippen LogP contribution in [0.5, 0.6) is 0 Å². The number of likely N-dealkylation sites (tertiary alicyclic amines) is 2. The van der Waals surface area contributed by atoms with Crippen molar-refractivity contribution in [2.45, 2.75) is 90.6 Å². The van der Waals surface area contributed by atoms with Gasteiger partial charge in [0.1, 0.15) is 11.2 Å².